The van der Waals surface area contributed by atoms with Crippen molar-refractivity contribution >= 4 is 17.9 Å². The molecule has 0 aromatic carbocycles. The van der Waals surface area contributed by atoms with Gasteiger partial charge in [-0.2, -0.15) is 9.71 Å². The summed E-state index contributed by atoms with van der Waals surface area (Å²) in [4.78, 5) is 40.3. The van der Waals surface area contributed by atoms with Crippen molar-refractivity contribution in [3.63, 3.8) is 0 Å². The number of esters is 2. The number of carbonyl (C=O) groups is 2. The number of nitrogens with two attached hydrogens (primary N) is 1. The van der Waals surface area contributed by atoms with Crippen LogP contribution in [0, 0.1) is 5.92 Å². The van der Waals surface area contributed by atoms with Crippen molar-refractivity contribution in [3.8, 4) is 11.5 Å². The van der Waals surface area contributed by atoms with Crippen LogP contribution in [0.3, 0.4) is 0 Å². The summed E-state index contributed by atoms with van der Waals surface area (Å²) >= 11 is 0. The van der Waals surface area contributed by atoms with E-state index in [1.54, 1.807) is 20.0 Å². The first kappa shape index (κ1) is 18.4. The summed E-state index contributed by atoms with van der Waals surface area (Å²) in [5.41, 5.74) is 6.34. The molecule has 2 rings (SSSR count). The van der Waals surface area contributed by atoms with Gasteiger partial charge in [-0.1, -0.05) is 13.8 Å². The zero-order valence-electron chi connectivity index (χ0n) is 14.2. The number of carbonyl (C=O) groups excluding carboxylic acids is 2. The molecule has 0 saturated heterocycles. The topological polar surface area (TPSA) is 131 Å². The maximum absolute atomic E-state index is 11.3. The third kappa shape index (κ3) is 5.30. The Morgan fingerprint density at radius 2 is 1.76 bits per heavy atom. The first-order valence-corrected chi connectivity index (χ1v) is 7.93. The maximum atomic E-state index is 11.3. The molecule has 10 heteroatoms. The van der Waals surface area contributed by atoms with E-state index in [-0.39, 0.29) is 56.5 Å². The number of imidazole rings is 1. The highest BCUT2D eigenvalue weighted by molar-refractivity contribution is 5.69. The maximum Gasteiger partial charge on any atom is 0.305 e. The normalized spacial score (nSPS) is 10.8. The number of fused-ring (bicyclic) bond motifs is 1. The summed E-state index contributed by atoms with van der Waals surface area (Å²) in [5.74, 6) is -0.506. The van der Waals surface area contributed by atoms with Gasteiger partial charge in [-0.25, -0.2) is 9.97 Å². The van der Waals surface area contributed by atoms with Gasteiger partial charge in [0.15, 0.2) is 5.82 Å². The zero-order valence-corrected chi connectivity index (χ0v) is 14.2. The molecule has 2 N–H and O–H groups in total. The standard InChI is InChI=1S/C15H21N5O5/c1-3-12(21)23-6-10(7-24-13(22)4-2)8-25-20-5-11-14(18-9-17-11)19-15(20)16/h5,9-10H,3-4,6-8H2,1-2H3,(H2,16,17,18,19). The summed E-state index contributed by atoms with van der Waals surface area (Å²) in [6.07, 6.45) is 3.46. The third-order valence-electron chi connectivity index (χ3n) is 3.28. The fourth-order valence-corrected chi connectivity index (χ4v) is 1.84. The average Bonchev–Trinajstić information content (AvgIpc) is 3.07. The number of hydrogen-bond acceptors (Lipinski definition) is 9. The Hall–Kier alpha value is -2.91. The SMILES string of the molecule is CCC(=O)OCC(COC(=O)CC)COn1cc2ncnc-2nc1N. The van der Waals surface area contributed by atoms with E-state index in [0.717, 1.165) is 0 Å². The second kappa shape index (κ2) is 8.81. The molecule has 0 radical (unpaired) electrons. The summed E-state index contributed by atoms with van der Waals surface area (Å²) < 4.78 is 11.5. The van der Waals surface area contributed by atoms with E-state index in [9.17, 15) is 9.59 Å². The molecule has 0 aromatic rings. The lowest BCUT2D eigenvalue weighted by atomic mass is 10.2. The Bertz CT molecular complexity index is 669. The molecule has 25 heavy (non-hydrogen) atoms. The number of rotatable bonds is 9. The van der Waals surface area contributed by atoms with Crippen molar-refractivity contribution in [2.24, 2.45) is 5.92 Å². The molecule has 0 aromatic heterocycles. The zero-order chi connectivity index (χ0) is 18.2. The Balaban J connectivity index is 1.98. The van der Waals surface area contributed by atoms with Crippen LogP contribution in [0.15, 0.2) is 12.5 Å². The van der Waals surface area contributed by atoms with Crippen molar-refractivity contribution in [2.45, 2.75) is 26.7 Å². The summed E-state index contributed by atoms with van der Waals surface area (Å²) in [6.45, 7) is 3.63. The van der Waals surface area contributed by atoms with Gasteiger partial charge in [-0.15, -0.1) is 0 Å². The van der Waals surface area contributed by atoms with Crippen molar-refractivity contribution in [3.05, 3.63) is 12.5 Å². The van der Waals surface area contributed by atoms with E-state index in [2.05, 4.69) is 15.0 Å². The van der Waals surface area contributed by atoms with E-state index >= 15 is 0 Å². The van der Waals surface area contributed by atoms with Gasteiger partial charge in [0.1, 0.15) is 31.8 Å². The largest absolute Gasteiger partial charge is 0.465 e. The fourth-order valence-electron chi connectivity index (χ4n) is 1.84. The van der Waals surface area contributed by atoms with Crippen molar-refractivity contribution in [1.29, 1.82) is 0 Å². The minimum Gasteiger partial charge on any atom is -0.465 e. The third-order valence-corrected chi connectivity index (χ3v) is 3.28. The number of ether oxygens (including phenoxy) is 2. The molecule has 2 aliphatic heterocycles. The molecule has 2 aliphatic rings. The fraction of sp³-hybridized carbons (Fsp3) is 0.533. The van der Waals surface area contributed by atoms with Gasteiger partial charge < -0.3 is 20.0 Å². The van der Waals surface area contributed by atoms with E-state index in [1.807, 2.05) is 0 Å². The van der Waals surface area contributed by atoms with Crippen LogP contribution in [0.1, 0.15) is 26.7 Å². The molecule has 0 unspecified atom stereocenters. The molecule has 0 amide bonds. The molecule has 0 atom stereocenters. The molecule has 0 saturated carbocycles. The molecule has 0 spiro atoms. The summed E-state index contributed by atoms with van der Waals surface area (Å²) in [5, 5.41) is 0. The van der Waals surface area contributed by atoms with E-state index < -0.39 is 0 Å². The predicted octanol–water partition coefficient (Wildman–Crippen LogP) is 0.311. The van der Waals surface area contributed by atoms with Gasteiger partial charge in [0.25, 0.3) is 0 Å². The highest BCUT2D eigenvalue weighted by Gasteiger charge is 2.17. The van der Waals surface area contributed by atoms with Crippen LogP contribution in [0.5, 0.6) is 0 Å². The first-order valence-electron chi connectivity index (χ1n) is 7.93. The molecule has 0 aliphatic carbocycles. The van der Waals surface area contributed by atoms with Crippen LogP contribution in [-0.2, 0) is 19.1 Å². The summed E-state index contributed by atoms with van der Waals surface area (Å²) in [7, 11) is 0. The number of nitrogens with zero attached hydrogens (tertiary/aromatic N) is 4. The Labute approximate surface area is 144 Å². The number of anilines is 1. The highest BCUT2D eigenvalue weighted by Crippen LogP contribution is 2.15. The summed E-state index contributed by atoms with van der Waals surface area (Å²) in [6, 6.07) is 0. The molecule has 136 valence electrons. The van der Waals surface area contributed by atoms with Crippen LogP contribution in [0.4, 0.5) is 5.95 Å². The van der Waals surface area contributed by atoms with Gasteiger partial charge in [0.2, 0.25) is 5.95 Å². The van der Waals surface area contributed by atoms with Crippen LogP contribution < -0.4 is 10.6 Å². The molecule has 0 fully saturated rings. The van der Waals surface area contributed by atoms with Gasteiger partial charge in [0.05, 0.1) is 12.1 Å². The van der Waals surface area contributed by atoms with Gasteiger partial charge >= 0.3 is 11.9 Å². The van der Waals surface area contributed by atoms with Crippen LogP contribution in [-0.4, -0.2) is 51.4 Å². The van der Waals surface area contributed by atoms with Gasteiger partial charge in [-0.05, 0) is 0 Å². The Morgan fingerprint density at radius 1 is 1.12 bits per heavy atom. The number of nitrogen functional groups attached to an aromatic ring is 1. The molecular formula is C15H21N5O5. The number of aromatic nitrogens is 4. The minimum atomic E-state index is -0.348. The average molecular weight is 351 g/mol. The first-order chi connectivity index (χ1) is 12.0. The van der Waals surface area contributed by atoms with Crippen LogP contribution >= 0.6 is 0 Å². The lowest BCUT2D eigenvalue weighted by Crippen LogP contribution is -2.30. The smallest absolute Gasteiger partial charge is 0.305 e. The number of hydrogen-bond donors (Lipinski definition) is 1. The van der Waals surface area contributed by atoms with Crippen LogP contribution in [0.25, 0.3) is 11.5 Å². The molecule has 2 heterocycles. The quantitative estimate of drug-likeness (QED) is 0.634. The molecule has 0 bridgehead atoms. The van der Waals surface area contributed by atoms with Crippen molar-refractivity contribution in [2.75, 3.05) is 25.6 Å². The van der Waals surface area contributed by atoms with Crippen LogP contribution in [0.2, 0.25) is 0 Å². The van der Waals surface area contributed by atoms with Gasteiger partial charge in [0, 0.05) is 12.8 Å². The molecule has 10 nitrogen and oxygen atoms in total. The second-order valence-corrected chi connectivity index (χ2v) is 5.24. The van der Waals surface area contributed by atoms with Crippen molar-refractivity contribution < 1.29 is 23.9 Å². The second-order valence-electron chi connectivity index (χ2n) is 5.24. The monoisotopic (exact) mass is 351 g/mol. The molecular weight excluding hydrogens is 330 g/mol. The predicted molar refractivity (Wildman–Crippen MR) is 86.3 cm³/mol. The van der Waals surface area contributed by atoms with E-state index in [0.29, 0.717) is 11.5 Å². The Morgan fingerprint density at radius 3 is 2.36 bits per heavy atom. The highest BCUT2D eigenvalue weighted by atomic mass is 16.7. The van der Waals surface area contributed by atoms with Crippen molar-refractivity contribution in [1.82, 2.24) is 19.7 Å². The lowest BCUT2D eigenvalue weighted by molar-refractivity contribution is -0.150. The Kier molecular flexibility index (Phi) is 6.49. The van der Waals surface area contributed by atoms with E-state index in [4.69, 9.17) is 20.0 Å². The van der Waals surface area contributed by atoms with Gasteiger partial charge in [-0.3, -0.25) is 9.59 Å². The lowest BCUT2D eigenvalue weighted by Gasteiger charge is -2.19. The van der Waals surface area contributed by atoms with E-state index in [1.165, 1.54) is 11.1 Å². The minimum absolute atomic E-state index is 0.0655.